The van der Waals surface area contributed by atoms with Gasteiger partial charge < -0.3 is 9.47 Å². The molecule has 194 valence electrons. The van der Waals surface area contributed by atoms with Gasteiger partial charge in [-0.1, -0.05) is 25.1 Å². The summed E-state index contributed by atoms with van der Waals surface area (Å²) in [6, 6.07) is 12.9. The summed E-state index contributed by atoms with van der Waals surface area (Å²) in [5.41, 5.74) is 3.07. The lowest BCUT2D eigenvalue weighted by Crippen LogP contribution is -2.33. The van der Waals surface area contributed by atoms with Crippen molar-refractivity contribution in [1.29, 1.82) is 0 Å². The third-order valence-corrected chi connectivity index (χ3v) is 7.55. The first-order valence-corrected chi connectivity index (χ1v) is 13.2. The maximum absolute atomic E-state index is 13.5. The fraction of sp³-hybridized carbons (Fsp3) is 0.320. The molecule has 0 spiro atoms. The first-order chi connectivity index (χ1) is 17.8. The zero-order valence-electron chi connectivity index (χ0n) is 21.3. The number of hydrogen-bond donors (Lipinski definition) is 1. The van der Waals surface area contributed by atoms with Crippen molar-refractivity contribution in [2.24, 2.45) is 0 Å². The molecule has 0 radical (unpaired) electrons. The topological polar surface area (TPSA) is 134 Å². The standard InChI is InChI=1S/C25H29N7O4S/c1-6-18-9-7-10-19(13-18)32-24(20-11-8-12-21(28-20)35-4)29-30-25(32)31-37(33,34)17(3)22(36-5)23-26-14-16(2)15-27-23/h7-15,17,22H,6H2,1-5H3,(H,30,31)/t17-,22-/m0/s1. The number of hydrogen-bond acceptors (Lipinski definition) is 9. The molecule has 0 saturated carbocycles. The largest absolute Gasteiger partial charge is 0.481 e. The van der Waals surface area contributed by atoms with Crippen molar-refractivity contribution in [2.75, 3.05) is 18.9 Å². The van der Waals surface area contributed by atoms with E-state index in [2.05, 4.69) is 29.9 Å². The number of nitrogens with one attached hydrogen (secondary N) is 1. The van der Waals surface area contributed by atoms with Gasteiger partial charge in [-0.25, -0.2) is 23.4 Å². The van der Waals surface area contributed by atoms with Crippen LogP contribution in [0.1, 0.15) is 36.9 Å². The molecule has 0 bridgehead atoms. The van der Waals surface area contributed by atoms with Gasteiger partial charge in [0.15, 0.2) is 11.6 Å². The van der Waals surface area contributed by atoms with E-state index in [9.17, 15) is 8.42 Å². The molecule has 2 atom stereocenters. The first-order valence-electron chi connectivity index (χ1n) is 11.7. The number of aryl methyl sites for hydroxylation is 2. The Morgan fingerprint density at radius 1 is 1.05 bits per heavy atom. The van der Waals surface area contributed by atoms with Crippen molar-refractivity contribution in [1.82, 2.24) is 29.7 Å². The molecule has 4 rings (SSSR count). The van der Waals surface area contributed by atoms with Crippen LogP contribution in [-0.2, 0) is 21.2 Å². The Hall–Kier alpha value is -3.90. The second kappa shape index (κ2) is 11.0. The number of sulfonamides is 1. The van der Waals surface area contributed by atoms with Gasteiger partial charge >= 0.3 is 0 Å². The molecule has 0 fully saturated rings. The van der Waals surface area contributed by atoms with Crippen LogP contribution in [0.4, 0.5) is 5.95 Å². The summed E-state index contributed by atoms with van der Waals surface area (Å²) in [7, 11) is -1.09. The van der Waals surface area contributed by atoms with E-state index in [-0.39, 0.29) is 11.8 Å². The van der Waals surface area contributed by atoms with Crippen molar-refractivity contribution in [2.45, 2.75) is 38.5 Å². The highest BCUT2D eigenvalue weighted by Gasteiger charge is 2.34. The van der Waals surface area contributed by atoms with Gasteiger partial charge in [0.25, 0.3) is 0 Å². The molecule has 0 unspecified atom stereocenters. The molecule has 11 nitrogen and oxygen atoms in total. The third-order valence-electron chi connectivity index (χ3n) is 5.86. The van der Waals surface area contributed by atoms with Crippen LogP contribution in [0.25, 0.3) is 17.2 Å². The number of methoxy groups -OCH3 is 2. The Morgan fingerprint density at radius 2 is 1.78 bits per heavy atom. The molecular weight excluding hydrogens is 494 g/mol. The van der Waals surface area contributed by atoms with E-state index in [4.69, 9.17) is 9.47 Å². The number of benzene rings is 1. The molecule has 3 heterocycles. The van der Waals surface area contributed by atoms with E-state index in [1.807, 2.05) is 38.1 Å². The summed E-state index contributed by atoms with van der Waals surface area (Å²) in [6.07, 6.45) is 3.13. The quantitative estimate of drug-likeness (QED) is 0.331. The SMILES string of the molecule is CCc1cccc(-n2c(NS(=O)(=O)[C@@H](C)[C@H](OC)c3ncc(C)cn3)nnc2-c2cccc(OC)n2)c1. The average molecular weight is 524 g/mol. The summed E-state index contributed by atoms with van der Waals surface area (Å²) < 4.78 is 42.0. The molecule has 12 heteroatoms. The maximum Gasteiger partial charge on any atom is 0.243 e. The monoisotopic (exact) mass is 523 g/mol. The fourth-order valence-electron chi connectivity index (χ4n) is 3.77. The molecule has 3 aromatic heterocycles. The van der Waals surface area contributed by atoms with Crippen LogP contribution < -0.4 is 9.46 Å². The third kappa shape index (κ3) is 5.59. The summed E-state index contributed by atoms with van der Waals surface area (Å²) in [6.45, 7) is 5.42. The van der Waals surface area contributed by atoms with Crippen LogP contribution in [-0.4, -0.2) is 57.6 Å². The molecule has 0 aliphatic carbocycles. The molecule has 0 saturated heterocycles. The van der Waals surface area contributed by atoms with E-state index in [0.717, 1.165) is 17.5 Å². The van der Waals surface area contributed by atoms with Crippen LogP contribution in [0.2, 0.25) is 0 Å². The lowest BCUT2D eigenvalue weighted by Gasteiger charge is -2.22. The Labute approximate surface area is 216 Å². The minimum absolute atomic E-state index is 0.0133. The average Bonchev–Trinajstić information content (AvgIpc) is 3.33. The van der Waals surface area contributed by atoms with Gasteiger partial charge in [0.2, 0.25) is 21.9 Å². The Bertz CT molecular complexity index is 1470. The molecule has 1 N–H and O–H groups in total. The zero-order chi connectivity index (χ0) is 26.6. The number of pyridine rings is 1. The fourth-order valence-corrected chi connectivity index (χ4v) is 4.90. The summed E-state index contributed by atoms with van der Waals surface area (Å²) >= 11 is 0. The number of rotatable bonds is 10. The number of ether oxygens (including phenoxy) is 2. The number of aromatic nitrogens is 6. The predicted molar refractivity (Wildman–Crippen MR) is 139 cm³/mol. The van der Waals surface area contributed by atoms with Crippen molar-refractivity contribution in [3.05, 3.63) is 71.8 Å². The highest BCUT2D eigenvalue weighted by atomic mass is 32.2. The number of nitrogens with zero attached hydrogens (tertiary/aromatic N) is 6. The van der Waals surface area contributed by atoms with Crippen LogP contribution in [0.15, 0.2) is 54.9 Å². The van der Waals surface area contributed by atoms with E-state index in [1.165, 1.54) is 21.1 Å². The van der Waals surface area contributed by atoms with E-state index in [0.29, 0.717) is 23.1 Å². The van der Waals surface area contributed by atoms with Gasteiger partial charge in [0.1, 0.15) is 17.0 Å². The van der Waals surface area contributed by atoms with Crippen LogP contribution >= 0.6 is 0 Å². The van der Waals surface area contributed by atoms with Gasteiger partial charge in [-0.2, -0.15) is 0 Å². The minimum Gasteiger partial charge on any atom is -0.481 e. The Balaban J connectivity index is 1.77. The lowest BCUT2D eigenvalue weighted by molar-refractivity contribution is 0.0949. The molecule has 4 aromatic rings. The minimum atomic E-state index is -4.03. The molecule has 37 heavy (non-hydrogen) atoms. The maximum atomic E-state index is 13.5. The van der Waals surface area contributed by atoms with E-state index >= 15 is 0 Å². The van der Waals surface area contributed by atoms with E-state index < -0.39 is 21.4 Å². The Kier molecular flexibility index (Phi) is 7.79. The van der Waals surface area contributed by atoms with Gasteiger partial charge in [-0.05, 0) is 49.6 Å². The van der Waals surface area contributed by atoms with Crippen molar-refractivity contribution in [3.63, 3.8) is 0 Å². The highest BCUT2D eigenvalue weighted by molar-refractivity contribution is 7.93. The van der Waals surface area contributed by atoms with Crippen molar-refractivity contribution < 1.29 is 17.9 Å². The molecule has 1 aromatic carbocycles. The predicted octanol–water partition coefficient (Wildman–Crippen LogP) is 3.52. The van der Waals surface area contributed by atoms with Gasteiger partial charge in [-0.3, -0.25) is 9.29 Å². The second-order valence-corrected chi connectivity index (χ2v) is 10.4. The molecular formula is C25H29N7O4S. The normalized spacial score (nSPS) is 13.2. The smallest absolute Gasteiger partial charge is 0.243 e. The van der Waals surface area contributed by atoms with Crippen LogP contribution in [0, 0.1) is 6.92 Å². The Morgan fingerprint density at radius 3 is 2.46 bits per heavy atom. The molecule has 0 aliphatic rings. The molecule has 0 aliphatic heterocycles. The second-order valence-electron chi connectivity index (χ2n) is 8.40. The lowest BCUT2D eigenvalue weighted by atomic mass is 10.1. The summed E-state index contributed by atoms with van der Waals surface area (Å²) in [4.78, 5) is 13.0. The van der Waals surface area contributed by atoms with Gasteiger partial charge in [-0.15, -0.1) is 10.2 Å². The van der Waals surface area contributed by atoms with Crippen molar-refractivity contribution in [3.8, 4) is 23.1 Å². The summed E-state index contributed by atoms with van der Waals surface area (Å²) in [5, 5.41) is 7.42. The van der Waals surface area contributed by atoms with Crippen LogP contribution in [0.3, 0.4) is 0 Å². The first kappa shape index (κ1) is 26.2. The van der Waals surface area contributed by atoms with E-state index in [1.54, 1.807) is 35.2 Å². The van der Waals surface area contributed by atoms with Gasteiger partial charge in [0.05, 0.1) is 12.8 Å². The number of anilines is 1. The zero-order valence-corrected chi connectivity index (χ0v) is 22.1. The summed E-state index contributed by atoms with van der Waals surface area (Å²) in [5.74, 6) is 1.03. The highest BCUT2D eigenvalue weighted by Crippen LogP contribution is 2.29. The molecule has 0 amide bonds. The van der Waals surface area contributed by atoms with Gasteiger partial charge in [0, 0.05) is 25.6 Å². The van der Waals surface area contributed by atoms with Crippen molar-refractivity contribution >= 4 is 16.0 Å². The van der Waals surface area contributed by atoms with Crippen LogP contribution in [0.5, 0.6) is 5.88 Å².